The van der Waals surface area contributed by atoms with Crippen LogP contribution >= 0.6 is 0 Å². The minimum Gasteiger partial charge on any atom is -0.459 e. The number of hydrogen-bond acceptors (Lipinski definition) is 5. The van der Waals surface area contributed by atoms with Gasteiger partial charge in [0.05, 0.1) is 6.26 Å². The summed E-state index contributed by atoms with van der Waals surface area (Å²) in [6.45, 7) is 2.92. The summed E-state index contributed by atoms with van der Waals surface area (Å²) in [6, 6.07) is 10.5. The molecule has 4 rings (SSSR count). The van der Waals surface area contributed by atoms with Gasteiger partial charge in [0.1, 0.15) is 12.1 Å². The van der Waals surface area contributed by atoms with Crippen LogP contribution in [0.15, 0.2) is 53.1 Å². The van der Waals surface area contributed by atoms with Crippen molar-refractivity contribution in [3.63, 3.8) is 0 Å². The number of hydrogen-bond donors (Lipinski definition) is 1. The van der Waals surface area contributed by atoms with Crippen molar-refractivity contribution in [2.24, 2.45) is 0 Å². The first-order chi connectivity index (χ1) is 15.0. The molecule has 2 atom stereocenters. The second kappa shape index (κ2) is 8.63. The normalized spacial score (nSPS) is 20.0. The van der Waals surface area contributed by atoms with Gasteiger partial charge in [-0.2, -0.15) is 0 Å². The lowest BCUT2D eigenvalue weighted by Crippen LogP contribution is -2.56. The van der Waals surface area contributed by atoms with Crippen molar-refractivity contribution < 1.29 is 23.6 Å². The molecule has 0 spiro atoms. The summed E-state index contributed by atoms with van der Waals surface area (Å²) in [6.07, 6.45) is 1.81. The lowest BCUT2D eigenvalue weighted by Gasteiger charge is -2.36. The van der Waals surface area contributed by atoms with Crippen molar-refractivity contribution in [3.8, 4) is 0 Å². The molecule has 0 saturated carbocycles. The van der Waals surface area contributed by atoms with E-state index in [1.165, 1.54) is 6.26 Å². The van der Waals surface area contributed by atoms with E-state index in [1.54, 1.807) is 28.9 Å². The third-order valence-corrected chi connectivity index (χ3v) is 5.69. The Morgan fingerprint density at radius 1 is 1.03 bits per heavy atom. The van der Waals surface area contributed by atoms with Gasteiger partial charge in [-0.15, -0.1) is 0 Å². The molecule has 31 heavy (non-hydrogen) atoms. The highest BCUT2D eigenvalue weighted by Crippen LogP contribution is 2.18. The number of rotatable bonds is 5. The quantitative estimate of drug-likeness (QED) is 0.725. The van der Waals surface area contributed by atoms with Crippen molar-refractivity contribution in [2.75, 3.05) is 26.2 Å². The van der Waals surface area contributed by atoms with E-state index in [0.29, 0.717) is 32.6 Å². The van der Waals surface area contributed by atoms with Crippen LogP contribution in [-0.2, 0) is 16.0 Å². The Balaban J connectivity index is 1.35. The first kappa shape index (κ1) is 20.6. The highest BCUT2D eigenvalue weighted by atomic mass is 16.3. The highest BCUT2D eigenvalue weighted by molar-refractivity contribution is 6.07. The van der Waals surface area contributed by atoms with Crippen LogP contribution in [0.4, 0.5) is 4.79 Å². The zero-order chi connectivity index (χ0) is 22.0. The smallest absolute Gasteiger partial charge is 0.325 e. The summed E-state index contributed by atoms with van der Waals surface area (Å²) >= 11 is 0. The molecular weight excluding hydrogens is 400 g/mol. The molecule has 2 aromatic rings. The Kier molecular flexibility index (Phi) is 5.75. The van der Waals surface area contributed by atoms with Gasteiger partial charge in [-0.3, -0.25) is 19.3 Å². The largest absolute Gasteiger partial charge is 0.459 e. The van der Waals surface area contributed by atoms with Crippen molar-refractivity contribution in [1.29, 1.82) is 0 Å². The fraction of sp³-hybridized carbons (Fsp3) is 0.364. The van der Waals surface area contributed by atoms with Crippen molar-refractivity contribution >= 4 is 23.8 Å². The molecular formula is C22H24N4O5. The maximum Gasteiger partial charge on any atom is 0.325 e. The molecule has 2 fully saturated rings. The van der Waals surface area contributed by atoms with Crippen molar-refractivity contribution in [2.45, 2.75) is 25.4 Å². The van der Waals surface area contributed by atoms with Crippen LogP contribution in [0, 0.1) is 0 Å². The Morgan fingerprint density at radius 2 is 1.71 bits per heavy atom. The molecule has 9 nitrogen and oxygen atoms in total. The molecule has 1 aromatic carbocycles. The second-order valence-electron chi connectivity index (χ2n) is 7.67. The summed E-state index contributed by atoms with van der Waals surface area (Å²) in [7, 11) is 0. The predicted octanol–water partition coefficient (Wildman–Crippen LogP) is 1.12. The molecule has 2 aliphatic rings. The summed E-state index contributed by atoms with van der Waals surface area (Å²) in [5, 5.41) is 2.68. The Morgan fingerprint density at radius 3 is 2.35 bits per heavy atom. The van der Waals surface area contributed by atoms with Crippen molar-refractivity contribution in [3.05, 3.63) is 60.1 Å². The number of imide groups is 1. The van der Waals surface area contributed by atoms with E-state index in [4.69, 9.17) is 4.42 Å². The van der Waals surface area contributed by atoms with E-state index in [0.717, 1.165) is 10.5 Å². The Labute approximate surface area is 179 Å². The number of carbonyl (C=O) groups is 4. The molecule has 2 aliphatic heterocycles. The minimum atomic E-state index is -0.916. The monoisotopic (exact) mass is 424 g/mol. The summed E-state index contributed by atoms with van der Waals surface area (Å²) < 4.78 is 5.14. The van der Waals surface area contributed by atoms with Gasteiger partial charge in [-0.1, -0.05) is 30.3 Å². The van der Waals surface area contributed by atoms with Crippen LogP contribution in [0.2, 0.25) is 0 Å². The van der Waals surface area contributed by atoms with Crippen molar-refractivity contribution in [1.82, 2.24) is 20.0 Å². The number of carbonyl (C=O) groups excluding carboxylic acids is 4. The van der Waals surface area contributed by atoms with Gasteiger partial charge in [0.15, 0.2) is 5.76 Å². The topological polar surface area (TPSA) is 103 Å². The van der Waals surface area contributed by atoms with Crippen LogP contribution < -0.4 is 5.32 Å². The van der Waals surface area contributed by atoms with E-state index in [9.17, 15) is 19.2 Å². The van der Waals surface area contributed by atoms with Gasteiger partial charge in [0, 0.05) is 32.6 Å². The third kappa shape index (κ3) is 4.16. The lowest BCUT2D eigenvalue weighted by atomic mass is 10.1. The molecule has 2 unspecified atom stereocenters. The van der Waals surface area contributed by atoms with Crippen LogP contribution in [-0.4, -0.2) is 76.7 Å². The second-order valence-corrected chi connectivity index (χ2v) is 7.67. The van der Waals surface area contributed by atoms with Crippen LogP contribution in [0.25, 0.3) is 0 Å². The summed E-state index contributed by atoms with van der Waals surface area (Å²) in [5.41, 5.74) is 0.930. The van der Waals surface area contributed by atoms with E-state index in [2.05, 4.69) is 5.32 Å². The molecule has 162 valence electrons. The van der Waals surface area contributed by atoms with Gasteiger partial charge < -0.3 is 19.5 Å². The van der Waals surface area contributed by atoms with Crippen LogP contribution in [0.1, 0.15) is 23.0 Å². The van der Waals surface area contributed by atoms with E-state index >= 15 is 0 Å². The SMILES string of the molecule is CC(C(=O)N1CCN(C(=O)c2ccco2)CC1)N1C(=O)NC(Cc2ccccc2)C1=O. The molecule has 0 radical (unpaired) electrons. The predicted molar refractivity (Wildman–Crippen MR) is 110 cm³/mol. The van der Waals surface area contributed by atoms with Gasteiger partial charge in [0.25, 0.3) is 11.8 Å². The maximum absolute atomic E-state index is 13.0. The molecule has 3 heterocycles. The van der Waals surface area contributed by atoms with Gasteiger partial charge in [0.2, 0.25) is 5.91 Å². The third-order valence-electron chi connectivity index (χ3n) is 5.69. The van der Waals surface area contributed by atoms with E-state index in [1.807, 2.05) is 30.3 Å². The zero-order valence-electron chi connectivity index (χ0n) is 17.2. The first-order valence-electron chi connectivity index (χ1n) is 10.2. The number of nitrogens with zero attached hydrogens (tertiary/aromatic N) is 3. The Bertz CT molecular complexity index is 967. The van der Waals surface area contributed by atoms with Crippen LogP contribution in [0.5, 0.6) is 0 Å². The number of urea groups is 1. The number of piperazine rings is 1. The fourth-order valence-corrected chi connectivity index (χ4v) is 3.96. The molecule has 2 saturated heterocycles. The van der Waals surface area contributed by atoms with Crippen LogP contribution in [0.3, 0.4) is 0 Å². The summed E-state index contributed by atoms with van der Waals surface area (Å²) in [4.78, 5) is 54.8. The molecule has 5 amide bonds. The Hall–Kier alpha value is -3.62. The molecule has 1 aromatic heterocycles. The lowest BCUT2D eigenvalue weighted by molar-refractivity contribution is -0.142. The number of furan rings is 1. The fourth-order valence-electron chi connectivity index (χ4n) is 3.96. The number of amides is 5. The van der Waals surface area contributed by atoms with E-state index < -0.39 is 24.0 Å². The van der Waals surface area contributed by atoms with E-state index in [-0.39, 0.29) is 17.6 Å². The first-order valence-corrected chi connectivity index (χ1v) is 10.2. The van der Waals surface area contributed by atoms with Gasteiger partial charge in [-0.25, -0.2) is 4.79 Å². The molecule has 1 N–H and O–H groups in total. The average molecular weight is 424 g/mol. The number of nitrogens with one attached hydrogen (secondary N) is 1. The highest BCUT2D eigenvalue weighted by Gasteiger charge is 2.44. The maximum atomic E-state index is 13.0. The minimum absolute atomic E-state index is 0.219. The van der Waals surface area contributed by atoms with Gasteiger partial charge in [-0.05, 0) is 24.6 Å². The molecule has 0 bridgehead atoms. The molecule has 9 heteroatoms. The zero-order valence-corrected chi connectivity index (χ0v) is 17.2. The molecule has 0 aliphatic carbocycles. The number of benzene rings is 1. The average Bonchev–Trinajstić information content (AvgIpc) is 3.42. The summed E-state index contributed by atoms with van der Waals surface area (Å²) in [5.74, 6) is -0.671. The van der Waals surface area contributed by atoms with Gasteiger partial charge >= 0.3 is 6.03 Å². The standard InChI is InChI=1S/C22H24N4O5/c1-15(26-20(28)17(23-22(26)30)14-16-6-3-2-4-7-16)19(27)24-9-11-25(12-10-24)21(29)18-8-5-13-31-18/h2-8,13,15,17H,9-12,14H2,1H3,(H,23,30).